The van der Waals surface area contributed by atoms with Crippen LogP contribution in [0.1, 0.15) is 23.2 Å². The van der Waals surface area contributed by atoms with Gasteiger partial charge < -0.3 is 4.90 Å². The van der Waals surface area contributed by atoms with E-state index in [9.17, 15) is 4.79 Å². The molecular formula is C13H12N4O. The highest BCUT2D eigenvalue weighted by molar-refractivity contribution is 6.01. The lowest BCUT2D eigenvalue weighted by molar-refractivity contribution is 0.0767. The Bertz CT molecular complexity index is 640. The van der Waals surface area contributed by atoms with Gasteiger partial charge in [-0.3, -0.25) is 4.79 Å². The van der Waals surface area contributed by atoms with E-state index in [1.807, 2.05) is 18.2 Å². The van der Waals surface area contributed by atoms with Gasteiger partial charge in [-0.1, -0.05) is 6.07 Å². The molecule has 1 unspecified atom stereocenters. The van der Waals surface area contributed by atoms with Crippen molar-refractivity contribution in [3.8, 4) is 6.07 Å². The summed E-state index contributed by atoms with van der Waals surface area (Å²) in [6.45, 7) is 0.654. The average Bonchev–Trinajstić information content (AvgIpc) is 3.04. The zero-order valence-electron chi connectivity index (χ0n) is 9.78. The predicted octanol–water partition coefficient (Wildman–Crippen LogP) is 1.46. The molecule has 0 spiro atoms. The molecule has 2 aromatic heterocycles. The third-order valence-corrected chi connectivity index (χ3v) is 3.32. The van der Waals surface area contributed by atoms with Gasteiger partial charge in [0, 0.05) is 12.7 Å². The van der Waals surface area contributed by atoms with Gasteiger partial charge in [0.15, 0.2) is 0 Å². The summed E-state index contributed by atoms with van der Waals surface area (Å²) in [6, 6.07) is 7.48. The quantitative estimate of drug-likeness (QED) is 0.758. The van der Waals surface area contributed by atoms with Crippen LogP contribution in [0.4, 0.5) is 0 Å². The average molecular weight is 240 g/mol. The van der Waals surface area contributed by atoms with Crippen molar-refractivity contribution in [1.82, 2.24) is 14.5 Å². The molecule has 1 aliphatic heterocycles. The zero-order valence-corrected chi connectivity index (χ0v) is 9.78. The van der Waals surface area contributed by atoms with Gasteiger partial charge in [0.25, 0.3) is 5.91 Å². The first-order valence-corrected chi connectivity index (χ1v) is 5.94. The van der Waals surface area contributed by atoms with E-state index >= 15 is 0 Å². The Hall–Kier alpha value is -2.35. The second-order valence-corrected chi connectivity index (χ2v) is 4.37. The van der Waals surface area contributed by atoms with Crippen LogP contribution < -0.4 is 0 Å². The van der Waals surface area contributed by atoms with Crippen molar-refractivity contribution < 1.29 is 4.79 Å². The largest absolute Gasteiger partial charge is 0.322 e. The Morgan fingerprint density at radius 3 is 3.22 bits per heavy atom. The van der Waals surface area contributed by atoms with Gasteiger partial charge in [-0.15, -0.1) is 0 Å². The first-order chi connectivity index (χ1) is 8.81. The number of aromatic nitrogens is 2. The fourth-order valence-electron chi connectivity index (χ4n) is 2.40. The van der Waals surface area contributed by atoms with E-state index in [1.54, 1.807) is 21.8 Å². The summed E-state index contributed by atoms with van der Waals surface area (Å²) in [5.41, 5.74) is 1.35. The highest BCUT2D eigenvalue weighted by Gasteiger charge is 2.30. The number of likely N-dealkylation sites (tertiary alicyclic amines) is 1. The number of carbonyl (C=O) groups excluding carboxylic acids is 1. The maximum Gasteiger partial charge on any atom is 0.258 e. The zero-order chi connectivity index (χ0) is 12.5. The van der Waals surface area contributed by atoms with Crippen LogP contribution in [0.2, 0.25) is 0 Å². The monoisotopic (exact) mass is 240 g/mol. The Labute approximate surface area is 104 Å². The number of fused-ring (bicyclic) bond motifs is 1. The van der Waals surface area contributed by atoms with Gasteiger partial charge in [0.1, 0.15) is 6.04 Å². The van der Waals surface area contributed by atoms with E-state index in [0.717, 1.165) is 18.4 Å². The van der Waals surface area contributed by atoms with Gasteiger partial charge in [0.2, 0.25) is 0 Å². The minimum absolute atomic E-state index is 0.0970. The van der Waals surface area contributed by atoms with E-state index in [1.165, 1.54) is 0 Å². The number of pyridine rings is 1. The second kappa shape index (κ2) is 4.15. The summed E-state index contributed by atoms with van der Waals surface area (Å²) in [6.07, 6.45) is 5.03. The normalized spacial score (nSPS) is 19.1. The van der Waals surface area contributed by atoms with Gasteiger partial charge >= 0.3 is 0 Å². The topological polar surface area (TPSA) is 61.4 Å². The van der Waals surface area contributed by atoms with E-state index in [-0.39, 0.29) is 11.9 Å². The number of hydrogen-bond acceptors (Lipinski definition) is 3. The first kappa shape index (κ1) is 10.8. The van der Waals surface area contributed by atoms with Gasteiger partial charge in [-0.05, 0) is 25.0 Å². The lowest BCUT2D eigenvalue weighted by atomic mass is 10.2. The van der Waals surface area contributed by atoms with Crippen molar-refractivity contribution in [1.29, 1.82) is 5.26 Å². The fraction of sp³-hybridized carbons (Fsp3) is 0.308. The van der Waals surface area contributed by atoms with Crippen LogP contribution in [-0.2, 0) is 0 Å². The van der Waals surface area contributed by atoms with E-state index in [0.29, 0.717) is 12.1 Å². The molecule has 0 bridgehead atoms. The summed E-state index contributed by atoms with van der Waals surface area (Å²) in [7, 11) is 0. The SMILES string of the molecule is N#CC1CCCN1C(=O)c1cnn2ccccc12. The Balaban J connectivity index is 2.00. The maximum absolute atomic E-state index is 12.4. The maximum atomic E-state index is 12.4. The van der Waals surface area contributed by atoms with Crippen LogP contribution in [0, 0.1) is 11.3 Å². The summed E-state index contributed by atoms with van der Waals surface area (Å²) >= 11 is 0. The second-order valence-electron chi connectivity index (χ2n) is 4.37. The van der Waals surface area contributed by atoms with Crippen LogP contribution in [0.25, 0.3) is 5.52 Å². The number of nitrogens with zero attached hydrogens (tertiary/aromatic N) is 4. The van der Waals surface area contributed by atoms with Crippen molar-refractivity contribution in [2.45, 2.75) is 18.9 Å². The molecule has 1 atom stereocenters. The molecule has 18 heavy (non-hydrogen) atoms. The van der Waals surface area contributed by atoms with Gasteiger partial charge in [0.05, 0.1) is 23.3 Å². The van der Waals surface area contributed by atoms with Crippen LogP contribution in [0.3, 0.4) is 0 Å². The summed E-state index contributed by atoms with van der Waals surface area (Å²) in [5, 5.41) is 13.2. The van der Waals surface area contributed by atoms with E-state index < -0.39 is 0 Å². The van der Waals surface area contributed by atoms with Crippen molar-refractivity contribution in [2.75, 3.05) is 6.54 Å². The van der Waals surface area contributed by atoms with Crippen LogP contribution in [0.15, 0.2) is 30.6 Å². The molecule has 0 saturated carbocycles. The molecule has 0 aromatic carbocycles. The number of rotatable bonds is 1. The van der Waals surface area contributed by atoms with Crippen molar-refractivity contribution in [3.63, 3.8) is 0 Å². The predicted molar refractivity (Wildman–Crippen MR) is 64.9 cm³/mol. The first-order valence-electron chi connectivity index (χ1n) is 5.94. The van der Waals surface area contributed by atoms with Gasteiger partial charge in [-0.2, -0.15) is 10.4 Å². The number of hydrogen-bond donors (Lipinski definition) is 0. The molecule has 1 aliphatic rings. The molecular weight excluding hydrogens is 228 g/mol. The van der Waals surface area contributed by atoms with E-state index in [2.05, 4.69) is 11.2 Å². The number of nitriles is 1. The summed E-state index contributed by atoms with van der Waals surface area (Å²) in [5.74, 6) is -0.0970. The number of amides is 1. The Kier molecular flexibility index (Phi) is 2.49. The molecule has 0 aliphatic carbocycles. The minimum atomic E-state index is -0.295. The Morgan fingerprint density at radius 1 is 1.50 bits per heavy atom. The van der Waals surface area contributed by atoms with Crippen molar-refractivity contribution in [3.05, 3.63) is 36.2 Å². The molecule has 1 saturated heterocycles. The standard InChI is InChI=1S/C13H12N4O/c14-8-10-4-3-6-16(10)13(18)11-9-15-17-7-2-1-5-12(11)17/h1-2,5,7,9-10H,3-4,6H2. The smallest absolute Gasteiger partial charge is 0.258 e. The lowest BCUT2D eigenvalue weighted by Crippen LogP contribution is -2.34. The summed E-state index contributed by atoms with van der Waals surface area (Å²) < 4.78 is 1.67. The molecule has 0 N–H and O–H groups in total. The molecule has 0 radical (unpaired) electrons. The lowest BCUT2D eigenvalue weighted by Gasteiger charge is -2.18. The summed E-state index contributed by atoms with van der Waals surface area (Å²) in [4.78, 5) is 14.1. The molecule has 5 heteroatoms. The Morgan fingerprint density at radius 2 is 2.39 bits per heavy atom. The van der Waals surface area contributed by atoms with Crippen molar-refractivity contribution in [2.24, 2.45) is 0 Å². The number of carbonyl (C=O) groups is 1. The van der Waals surface area contributed by atoms with Gasteiger partial charge in [-0.25, -0.2) is 4.52 Å². The van der Waals surface area contributed by atoms with Crippen LogP contribution >= 0.6 is 0 Å². The minimum Gasteiger partial charge on any atom is -0.322 e. The molecule has 5 nitrogen and oxygen atoms in total. The van der Waals surface area contributed by atoms with Crippen LogP contribution in [0.5, 0.6) is 0 Å². The third kappa shape index (κ3) is 1.54. The molecule has 3 rings (SSSR count). The highest BCUT2D eigenvalue weighted by Crippen LogP contribution is 2.21. The molecule has 1 amide bonds. The molecule has 90 valence electrons. The molecule has 3 heterocycles. The molecule has 1 fully saturated rings. The third-order valence-electron chi connectivity index (χ3n) is 3.32. The fourth-order valence-corrected chi connectivity index (χ4v) is 2.40. The molecule has 2 aromatic rings. The van der Waals surface area contributed by atoms with Crippen molar-refractivity contribution >= 4 is 11.4 Å². The highest BCUT2D eigenvalue weighted by atomic mass is 16.2. The van der Waals surface area contributed by atoms with E-state index in [4.69, 9.17) is 5.26 Å². The van der Waals surface area contributed by atoms with Crippen LogP contribution in [-0.4, -0.2) is 33.0 Å².